The lowest BCUT2D eigenvalue weighted by molar-refractivity contribution is -0.566. The molecular formula is C10H13N4+. The number of aromatic nitrogens is 4. The predicted molar refractivity (Wildman–Crippen MR) is 56.1 cm³/mol. The minimum absolute atomic E-state index is 0.819. The molecule has 4 heteroatoms. The van der Waals surface area contributed by atoms with Crippen LogP contribution in [0.1, 0.15) is 5.82 Å². The maximum atomic E-state index is 3.86. The maximum absolute atomic E-state index is 3.86. The lowest BCUT2D eigenvalue weighted by atomic mass is 10.6. The van der Waals surface area contributed by atoms with Crippen LogP contribution >= 0.6 is 0 Å². The monoisotopic (exact) mass is 189 g/mol. The molecule has 0 bridgehead atoms. The van der Waals surface area contributed by atoms with Crippen LogP contribution < -0.4 is 4.57 Å². The van der Waals surface area contributed by atoms with Crippen LogP contribution in [0.15, 0.2) is 44.3 Å². The number of imidazole rings is 2. The zero-order valence-corrected chi connectivity index (χ0v) is 7.85. The Bertz CT molecular complexity index is 320. The van der Waals surface area contributed by atoms with Gasteiger partial charge < -0.3 is 4.98 Å². The Hall–Kier alpha value is -2.10. The Morgan fingerprint density at radius 3 is 2.50 bits per heavy atom. The van der Waals surface area contributed by atoms with Gasteiger partial charge in [0.25, 0.3) is 0 Å². The molecule has 72 valence electrons. The summed E-state index contributed by atoms with van der Waals surface area (Å²) in [7, 11) is 0. The fourth-order valence-electron chi connectivity index (χ4n) is 0.804. The van der Waals surface area contributed by atoms with Crippen molar-refractivity contribution in [2.75, 3.05) is 0 Å². The second-order valence-electron chi connectivity index (χ2n) is 2.42. The van der Waals surface area contributed by atoms with Gasteiger partial charge in [0.05, 0.1) is 6.20 Å². The van der Waals surface area contributed by atoms with Crippen LogP contribution in [0.25, 0.3) is 12.3 Å². The fraction of sp³-hybridized carbons (Fsp3) is 0. The largest absolute Gasteiger partial charge is 0.345 e. The van der Waals surface area contributed by atoms with Crippen molar-refractivity contribution in [3.63, 3.8) is 0 Å². The molecule has 2 aromatic heterocycles. The Balaban J connectivity index is 0.000000140. The first kappa shape index (κ1) is 9.98. The van der Waals surface area contributed by atoms with E-state index >= 15 is 0 Å². The third kappa shape index (κ3) is 3.10. The summed E-state index contributed by atoms with van der Waals surface area (Å²) in [5, 5.41) is 0. The number of nitrogens with zero attached hydrogens (tertiary/aromatic N) is 2. The summed E-state index contributed by atoms with van der Waals surface area (Å²) in [6.45, 7) is 7.06. The molecule has 0 saturated carbocycles. The van der Waals surface area contributed by atoms with Gasteiger partial charge in [-0.05, 0) is 6.08 Å². The third-order valence-corrected chi connectivity index (χ3v) is 1.49. The van der Waals surface area contributed by atoms with Crippen molar-refractivity contribution in [1.29, 1.82) is 0 Å². The van der Waals surface area contributed by atoms with E-state index in [0.717, 1.165) is 5.82 Å². The molecule has 0 unspecified atom stereocenters. The number of H-pyrrole nitrogens is 2. The molecule has 0 amide bonds. The van der Waals surface area contributed by atoms with E-state index < -0.39 is 0 Å². The first-order valence-electron chi connectivity index (χ1n) is 4.14. The molecule has 0 aromatic carbocycles. The van der Waals surface area contributed by atoms with Gasteiger partial charge in [0.15, 0.2) is 0 Å². The standard InChI is InChI=1S/2C5H6N2/c1-2-7-4-3-6-5-7;1-2-5-6-3-4-7-5/h2-5H,1H2;2-4H,1H2,(H,6,7)/p+1. The van der Waals surface area contributed by atoms with Gasteiger partial charge >= 0.3 is 0 Å². The molecule has 0 aliphatic heterocycles. The summed E-state index contributed by atoms with van der Waals surface area (Å²) < 4.78 is 1.83. The van der Waals surface area contributed by atoms with Crippen LogP contribution in [0.4, 0.5) is 0 Å². The summed E-state index contributed by atoms with van der Waals surface area (Å²) in [6.07, 6.45) is 12.4. The molecule has 2 rings (SSSR count). The van der Waals surface area contributed by atoms with E-state index in [1.54, 1.807) is 24.7 Å². The number of nitrogens with one attached hydrogen (secondary N) is 2. The predicted octanol–water partition coefficient (Wildman–Crippen LogP) is 1.46. The van der Waals surface area contributed by atoms with E-state index in [4.69, 9.17) is 0 Å². The zero-order valence-electron chi connectivity index (χ0n) is 7.85. The highest BCUT2D eigenvalue weighted by molar-refractivity contribution is 5.34. The van der Waals surface area contributed by atoms with Gasteiger partial charge in [-0.1, -0.05) is 13.2 Å². The number of hydrogen-bond acceptors (Lipinski definition) is 1. The second kappa shape index (κ2) is 5.53. The van der Waals surface area contributed by atoms with Crippen LogP contribution in [-0.4, -0.2) is 15.0 Å². The molecule has 0 atom stereocenters. The van der Waals surface area contributed by atoms with E-state index in [1.165, 1.54) is 0 Å². The molecule has 0 saturated heterocycles. The van der Waals surface area contributed by atoms with Crippen molar-refractivity contribution in [2.24, 2.45) is 0 Å². The quantitative estimate of drug-likeness (QED) is 0.690. The first-order valence-corrected chi connectivity index (χ1v) is 4.14. The molecule has 2 heterocycles. The normalized spacial score (nSPS) is 8.57. The Kier molecular flexibility index (Phi) is 3.94. The molecular weight excluding hydrogens is 176 g/mol. The Labute approximate surface area is 82.6 Å². The summed E-state index contributed by atoms with van der Waals surface area (Å²) in [6, 6.07) is 0. The molecule has 2 aromatic rings. The van der Waals surface area contributed by atoms with Gasteiger partial charge in [-0.2, -0.15) is 0 Å². The average molecular weight is 189 g/mol. The molecule has 0 aliphatic rings. The molecule has 0 aliphatic carbocycles. The highest BCUT2D eigenvalue weighted by Crippen LogP contribution is 1.86. The molecule has 0 radical (unpaired) electrons. The van der Waals surface area contributed by atoms with Crippen molar-refractivity contribution in [1.82, 2.24) is 15.0 Å². The van der Waals surface area contributed by atoms with Crippen LogP contribution in [0.5, 0.6) is 0 Å². The van der Waals surface area contributed by atoms with Crippen molar-refractivity contribution in [2.45, 2.75) is 0 Å². The van der Waals surface area contributed by atoms with Crippen molar-refractivity contribution >= 4 is 12.3 Å². The van der Waals surface area contributed by atoms with Crippen molar-refractivity contribution < 1.29 is 4.57 Å². The summed E-state index contributed by atoms with van der Waals surface area (Å²) in [4.78, 5) is 9.59. The van der Waals surface area contributed by atoms with E-state index in [0.29, 0.717) is 0 Å². The molecule has 0 fully saturated rings. The Morgan fingerprint density at radius 2 is 2.21 bits per heavy atom. The molecule has 2 N–H and O–H groups in total. The van der Waals surface area contributed by atoms with Gasteiger partial charge in [-0.25, -0.2) is 14.5 Å². The Morgan fingerprint density at radius 1 is 1.36 bits per heavy atom. The lowest BCUT2D eigenvalue weighted by Crippen LogP contribution is -2.19. The summed E-state index contributed by atoms with van der Waals surface area (Å²) in [5.41, 5.74) is 0. The van der Waals surface area contributed by atoms with Gasteiger partial charge in [0, 0.05) is 12.4 Å². The topological polar surface area (TPSA) is 48.4 Å². The van der Waals surface area contributed by atoms with E-state index in [9.17, 15) is 0 Å². The maximum Gasteiger partial charge on any atom is 0.246 e. The van der Waals surface area contributed by atoms with Gasteiger partial charge in [0.1, 0.15) is 18.2 Å². The average Bonchev–Trinajstić information content (AvgIpc) is 2.92. The van der Waals surface area contributed by atoms with Gasteiger partial charge in [-0.3, -0.25) is 0 Å². The zero-order chi connectivity index (χ0) is 10.2. The number of aromatic amines is 2. The highest BCUT2D eigenvalue weighted by atomic mass is 15.0. The van der Waals surface area contributed by atoms with E-state index in [1.807, 2.05) is 23.3 Å². The summed E-state index contributed by atoms with van der Waals surface area (Å²) >= 11 is 0. The third-order valence-electron chi connectivity index (χ3n) is 1.49. The van der Waals surface area contributed by atoms with Crippen LogP contribution in [0.2, 0.25) is 0 Å². The SMILES string of the molecule is C=C[n+]1cc[nH]c1.C=Cc1ncc[nH]1. The van der Waals surface area contributed by atoms with Gasteiger partial charge in [0.2, 0.25) is 6.33 Å². The fourth-order valence-corrected chi connectivity index (χ4v) is 0.804. The highest BCUT2D eigenvalue weighted by Gasteiger charge is 1.82. The lowest BCUT2D eigenvalue weighted by Gasteiger charge is -1.73. The smallest absolute Gasteiger partial charge is 0.246 e. The van der Waals surface area contributed by atoms with E-state index in [-0.39, 0.29) is 0 Å². The molecule has 0 spiro atoms. The second-order valence-corrected chi connectivity index (χ2v) is 2.42. The minimum atomic E-state index is 0.819. The number of hydrogen-bond donors (Lipinski definition) is 2. The minimum Gasteiger partial charge on any atom is -0.345 e. The van der Waals surface area contributed by atoms with Gasteiger partial charge in [-0.15, -0.1) is 0 Å². The van der Waals surface area contributed by atoms with E-state index in [2.05, 4.69) is 28.1 Å². The first-order chi connectivity index (χ1) is 6.86. The van der Waals surface area contributed by atoms with Crippen LogP contribution in [0.3, 0.4) is 0 Å². The van der Waals surface area contributed by atoms with Crippen LogP contribution in [-0.2, 0) is 0 Å². The molecule has 14 heavy (non-hydrogen) atoms. The molecule has 4 nitrogen and oxygen atoms in total. The van der Waals surface area contributed by atoms with Crippen molar-refractivity contribution in [3.8, 4) is 0 Å². The van der Waals surface area contributed by atoms with Crippen LogP contribution in [0, 0.1) is 0 Å². The number of rotatable bonds is 2. The van der Waals surface area contributed by atoms with Crippen molar-refractivity contribution in [3.05, 3.63) is 50.1 Å². The summed E-state index contributed by atoms with van der Waals surface area (Å²) in [5.74, 6) is 0.819.